The highest BCUT2D eigenvalue weighted by molar-refractivity contribution is 7.13. The minimum absolute atomic E-state index is 0.122. The summed E-state index contributed by atoms with van der Waals surface area (Å²) in [5.74, 6) is -0.791. The van der Waals surface area contributed by atoms with Gasteiger partial charge in [-0.05, 0) is 12.5 Å². The minimum atomic E-state index is -0.791. The van der Waals surface area contributed by atoms with Crippen LogP contribution >= 0.6 is 11.3 Å². The summed E-state index contributed by atoms with van der Waals surface area (Å²) in [6, 6.07) is 1.94. The van der Waals surface area contributed by atoms with Crippen molar-refractivity contribution in [3.8, 4) is 10.7 Å². The van der Waals surface area contributed by atoms with Crippen LogP contribution in [0.5, 0.6) is 0 Å². The summed E-state index contributed by atoms with van der Waals surface area (Å²) in [6.07, 6.45) is 3.39. The average Bonchev–Trinajstić information content (AvgIpc) is 2.94. The van der Waals surface area contributed by atoms with Crippen LogP contribution in [0, 0.1) is 0 Å². The molecule has 2 rings (SSSR count). The number of rotatable bonds is 6. The van der Waals surface area contributed by atoms with Crippen molar-refractivity contribution in [1.82, 2.24) is 14.8 Å². The first kappa shape index (κ1) is 12.8. The second-order valence-electron chi connectivity index (χ2n) is 3.98. The minimum Gasteiger partial charge on any atom is -0.481 e. The number of carboxylic acid groups (broad SMARTS) is 1. The van der Waals surface area contributed by atoms with Gasteiger partial charge in [-0.2, -0.15) is 5.10 Å². The molecule has 0 aliphatic heterocycles. The topological polar surface area (TPSA) is 68.0 Å². The SMILES string of the molecule is CCCn1nccc1-c1nc(CCC(=O)O)cs1. The van der Waals surface area contributed by atoms with Crippen LogP contribution in [0.3, 0.4) is 0 Å². The van der Waals surface area contributed by atoms with E-state index in [1.165, 1.54) is 11.3 Å². The van der Waals surface area contributed by atoms with E-state index >= 15 is 0 Å². The van der Waals surface area contributed by atoms with Crippen LogP contribution in [0.4, 0.5) is 0 Å². The summed E-state index contributed by atoms with van der Waals surface area (Å²) in [5.41, 5.74) is 1.84. The van der Waals surface area contributed by atoms with Gasteiger partial charge >= 0.3 is 5.97 Å². The Kier molecular flexibility index (Phi) is 4.09. The number of aromatic nitrogens is 3. The lowest BCUT2D eigenvalue weighted by molar-refractivity contribution is -0.136. The molecular weight excluding hydrogens is 250 g/mol. The highest BCUT2D eigenvalue weighted by Crippen LogP contribution is 2.24. The number of carbonyl (C=O) groups is 1. The van der Waals surface area contributed by atoms with E-state index in [2.05, 4.69) is 17.0 Å². The number of carboxylic acids is 1. The van der Waals surface area contributed by atoms with Gasteiger partial charge in [0, 0.05) is 24.5 Å². The molecule has 6 heteroatoms. The molecule has 2 heterocycles. The lowest BCUT2D eigenvalue weighted by atomic mass is 10.2. The molecular formula is C12H15N3O2S. The van der Waals surface area contributed by atoms with E-state index in [0.29, 0.717) is 6.42 Å². The van der Waals surface area contributed by atoms with E-state index in [1.807, 2.05) is 16.1 Å². The van der Waals surface area contributed by atoms with Gasteiger partial charge in [-0.15, -0.1) is 11.3 Å². The molecule has 5 nitrogen and oxygen atoms in total. The van der Waals surface area contributed by atoms with Crippen LogP contribution in [-0.4, -0.2) is 25.8 Å². The Morgan fingerprint density at radius 1 is 1.56 bits per heavy atom. The summed E-state index contributed by atoms with van der Waals surface area (Å²) in [7, 11) is 0. The van der Waals surface area contributed by atoms with Crippen LogP contribution < -0.4 is 0 Å². The maximum Gasteiger partial charge on any atom is 0.303 e. The molecule has 18 heavy (non-hydrogen) atoms. The van der Waals surface area contributed by atoms with Crippen molar-refractivity contribution in [2.24, 2.45) is 0 Å². The Morgan fingerprint density at radius 3 is 3.11 bits per heavy atom. The Morgan fingerprint density at radius 2 is 2.39 bits per heavy atom. The van der Waals surface area contributed by atoms with Gasteiger partial charge in [0.1, 0.15) is 5.01 Å². The fourth-order valence-corrected chi connectivity index (χ4v) is 2.56. The third-order valence-corrected chi connectivity index (χ3v) is 3.43. The Balaban J connectivity index is 2.13. The van der Waals surface area contributed by atoms with Crippen molar-refractivity contribution >= 4 is 17.3 Å². The number of nitrogens with zero attached hydrogens (tertiary/aromatic N) is 3. The van der Waals surface area contributed by atoms with Gasteiger partial charge in [-0.25, -0.2) is 4.98 Å². The normalized spacial score (nSPS) is 10.7. The molecule has 1 N–H and O–H groups in total. The van der Waals surface area contributed by atoms with Crippen LogP contribution in [0.1, 0.15) is 25.5 Å². The zero-order chi connectivity index (χ0) is 13.0. The van der Waals surface area contributed by atoms with Crippen LogP contribution in [0.25, 0.3) is 10.7 Å². The molecule has 0 bridgehead atoms. The van der Waals surface area contributed by atoms with Gasteiger partial charge in [-0.1, -0.05) is 6.92 Å². The molecule has 0 saturated carbocycles. The zero-order valence-corrected chi connectivity index (χ0v) is 11.0. The lowest BCUT2D eigenvalue weighted by Crippen LogP contribution is -2.01. The highest BCUT2D eigenvalue weighted by Gasteiger charge is 2.10. The van der Waals surface area contributed by atoms with Crippen molar-refractivity contribution in [3.05, 3.63) is 23.3 Å². The molecule has 0 saturated heterocycles. The quantitative estimate of drug-likeness (QED) is 0.871. The fourth-order valence-electron chi connectivity index (χ4n) is 1.68. The Labute approximate surface area is 109 Å². The largest absolute Gasteiger partial charge is 0.481 e. The third-order valence-electron chi connectivity index (χ3n) is 2.52. The molecule has 0 radical (unpaired) electrons. The number of aliphatic carboxylic acids is 1. The second-order valence-corrected chi connectivity index (χ2v) is 4.84. The molecule has 96 valence electrons. The van der Waals surface area contributed by atoms with Gasteiger partial charge in [0.05, 0.1) is 17.8 Å². The van der Waals surface area contributed by atoms with E-state index in [0.717, 1.165) is 29.4 Å². The summed E-state index contributed by atoms with van der Waals surface area (Å²) in [5, 5.41) is 15.7. The van der Waals surface area contributed by atoms with Gasteiger partial charge in [0.15, 0.2) is 0 Å². The maximum atomic E-state index is 10.5. The Bertz CT molecular complexity index is 533. The molecule has 0 aromatic carbocycles. The summed E-state index contributed by atoms with van der Waals surface area (Å²) in [6.45, 7) is 2.97. The standard InChI is InChI=1S/C12H15N3O2S/c1-2-7-15-10(5-6-13-15)12-14-9(8-18-12)3-4-11(16)17/h5-6,8H,2-4,7H2,1H3,(H,16,17). The van der Waals surface area contributed by atoms with Crippen molar-refractivity contribution in [1.29, 1.82) is 0 Å². The van der Waals surface area contributed by atoms with Gasteiger partial charge in [0.2, 0.25) is 0 Å². The van der Waals surface area contributed by atoms with Crippen molar-refractivity contribution in [3.63, 3.8) is 0 Å². The van der Waals surface area contributed by atoms with Crippen LogP contribution in [0.2, 0.25) is 0 Å². The molecule has 0 atom stereocenters. The molecule has 0 aliphatic carbocycles. The predicted octanol–water partition coefficient (Wildman–Crippen LogP) is 2.43. The van der Waals surface area contributed by atoms with Crippen molar-refractivity contribution < 1.29 is 9.90 Å². The summed E-state index contributed by atoms with van der Waals surface area (Å²) < 4.78 is 1.93. The van der Waals surface area contributed by atoms with E-state index in [4.69, 9.17) is 5.11 Å². The van der Waals surface area contributed by atoms with E-state index < -0.39 is 5.97 Å². The molecule has 0 amide bonds. The molecule has 0 spiro atoms. The van der Waals surface area contributed by atoms with E-state index in [1.54, 1.807) is 6.20 Å². The van der Waals surface area contributed by atoms with Gasteiger partial charge in [0.25, 0.3) is 0 Å². The lowest BCUT2D eigenvalue weighted by Gasteiger charge is -2.02. The maximum absolute atomic E-state index is 10.5. The van der Waals surface area contributed by atoms with Gasteiger partial charge in [-0.3, -0.25) is 9.48 Å². The fraction of sp³-hybridized carbons (Fsp3) is 0.417. The summed E-state index contributed by atoms with van der Waals surface area (Å²) in [4.78, 5) is 15.0. The first-order chi connectivity index (χ1) is 8.70. The number of hydrogen-bond acceptors (Lipinski definition) is 4. The molecule has 0 aliphatic rings. The molecule has 0 fully saturated rings. The first-order valence-electron chi connectivity index (χ1n) is 5.89. The summed E-state index contributed by atoms with van der Waals surface area (Å²) >= 11 is 1.53. The molecule has 0 unspecified atom stereocenters. The third kappa shape index (κ3) is 2.95. The molecule has 2 aromatic heterocycles. The number of aryl methyl sites for hydroxylation is 2. The Hall–Kier alpha value is -1.69. The second kappa shape index (κ2) is 5.77. The van der Waals surface area contributed by atoms with Crippen LogP contribution in [-0.2, 0) is 17.8 Å². The van der Waals surface area contributed by atoms with Crippen molar-refractivity contribution in [2.45, 2.75) is 32.7 Å². The number of hydrogen-bond donors (Lipinski definition) is 1. The van der Waals surface area contributed by atoms with E-state index in [-0.39, 0.29) is 6.42 Å². The number of thiazole rings is 1. The highest BCUT2D eigenvalue weighted by atomic mass is 32.1. The predicted molar refractivity (Wildman–Crippen MR) is 69.6 cm³/mol. The van der Waals surface area contributed by atoms with Crippen molar-refractivity contribution in [2.75, 3.05) is 0 Å². The first-order valence-corrected chi connectivity index (χ1v) is 6.77. The van der Waals surface area contributed by atoms with Crippen LogP contribution in [0.15, 0.2) is 17.6 Å². The van der Waals surface area contributed by atoms with Gasteiger partial charge < -0.3 is 5.11 Å². The smallest absolute Gasteiger partial charge is 0.303 e. The zero-order valence-electron chi connectivity index (χ0n) is 10.2. The monoisotopic (exact) mass is 265 g/mol. The van der Waals surface area contributed by atoms with E-state index in [9.17, 15) is 4.79 Å². The molecule has 2 aromatic rings. The average molecular weight is 265 g/mol.